The van der Waals surface area contributed by atoms with Gasteiger partial charge in [-0.25, -0.2) is 0 Å². The molecule has 0 spiro atoms. The summed E-state index contributed by atoms with van der Waals surface area (Å²) in [5.74, 6) is 0.884. The summed E-state index contributed by atoms with van der Waals surface area (Å²) >= 11 is 1.62. The minimum atomic E-state index is -3.44. The molecule has 2 saturated heterocycles. The first kappa shape index (κ1) is 17.4. The van der Waals surface area contributed by atoms with Crippen LogP contribution in [0.4, 0.5) is 0 Å². The van der Waals surface area contributed by atoms with Crippen molar-refractivity contribution in [3.63, 3.8) is 0 Å². The number of hydrogen-bond acceptors (Lipinski definition) is 4. The van der Waals surface area contributed by atoms with Gasteiger partial charge in [-0.05, 0) is 40.6 Å². The van der Waals surface area contributed by atoms with Gasteiger partial charge in [-0.15, -0.1) is 0 Å². The van der Waals surface area contributed by atoms with Gasteiger partial charge in [0.15, 0.2) is 0 Å². The van der Waals surface area contributed by atoms with E-state index < -0.39 is 10.2 Å². The molecule has 23 heavy (non-hydrogen) atoms. The molecule has 0 amide bonds. The van der Waals surface area contributed by atoms with Crippen molar-refractivity contribution in [2.24, 2.45) is 17.8 Å². The number of hydrogen-bond donors (Lipinski definition) is 1. The largest absolute Gasteiger partial charge is 0.396 e. The van der Waals surface area contributed by atoms with E-state index in [1.54, 1.807) is 19.9 Å². The zero-order valence-corrected chi connectivity index (χ0v) is 15.4. The van der Waals surface area contributed by atoms with Gasteiger partial charge in [-0.1, -0.05) is 13.8 Å². The van der Waals surface area contributed by atoms with Crippen molar-refractivity contribution in [2.45, 2.75) is 26.2 Å². The maximum absolute atomic E-state index is 13.0. The van der Waals surface area contributed by atoms with Gasteiger partial charge in [0.05, 0.1) is 0 Å². The molecule has 1 aromatic rings. The molecular weight excluding hydrogens is 332 g/mol. The first-order chi connectivity index (χ1) is 10.9. The molecule has 4 atom stereocenters. The number of aliphatic hydroxyl groups excluding tert-OH is 1. The molecule has 130 valence electrons. The lowest BCUT2D eigenvalue weighted by atomic mass is 9.92. The number of piperidine rings is 1. The molecular formula is C16H26N2O3S2. The monoisotopic (exact) mass is 358 g/mol. The van der Waals surface area contributed by atoms with Crippen LogP contribution in [0.1, 0.15) is 31.7 Å². The molecule has 0 aromatic carbocycles. The lowest BCUT2D eigenvalue weighted by Gasteiger charge is -2.36. The van der Waals surface area contributed by atoms with Gasteiger partial charge in [0.1, 0.15) is 0 Å². The van der Waals surface area contributed by atoms with Crippen LogP contribution >= 0.6 is 11.3 Å². The van der Waals surface area contributed by atoms with Crippen LogP contribution in [0.2, 0.25) is 0 Å². The van der Waals surface area contributed by atoms with E-state index in [9.17, 15) is 13.5 Å². The summed E-state index contributed by atoms with van der Waals surface area (Å²) in [5.41, 5.74) is 1.15. The van der Waals surface area contributed by atoms with Crippen molar-refractivity contribution in [2.75, 3.05) is 32.8 Å². The van der Waals surface area contributed by atoms with E-state index in [0.29, 0.717) is 38.0 Å². The van der Waals surface area contributed by atoms with Gasteiger partial charge in [-0.2, -0.15) is 28.4 Å². The van der Waals surface area contributed by atoms with Crippen LogP contribution in [0, 0.1) is 17.8 Å². The zero-order chi connectivity index (χ0) is 16.6. The summed E-state index contributed by atoms with van der Waals surface area (Å²) in [4.78, 5) is 0. The van der Waals surface area contributed by atoms with Gasteiger partial charge in [0.2, 0.25) is 0 Å². The summed E-state index contributed by atoms with van der Waals surface area (Å²) in [6, 6.07) is 2.04. The Balaban J connectivity index is 1.78. The molecule has 3 heterocycles. The lowest BCUT2D eigenvalue weighted by molar-refractivity contribution is 0.206. The maximum Gasteiger partial charge on any atom is 0.282 e. The molecule has 0 radical (unpaired) electrons. The highest BCUT2D eigenvalue weighted by atomic mass is 32.2. The summed E-state index contributed by atoms with van der Waals surface area (Å²) in [5, 5.41) is 13.8. The summed E-state index contributed by atoms with van der Waals surface area (Å²) in [6.45, 7) is 6.37. The molecule has 3 rings (SSSR count). The van der Waals surface area contributed by atoms with E-state index in [-0.39, 0.29) is 18.4 Å². The first-order valence-electron chi connectivity index (χ1n) is 8.30. The average Bonchev–Trinajstić information content (AvgIpc) is 3.15. The Morgan fingerprint density at radius 2 is 1.83 bits per heavy atom. The number of aliphatic hydroxyl groups is 1. The van der Waals surface area contributed by atoms with Crippen LogP contribution in [0.5, 0.6) is 0 Å². The third kappa shape index (κ3) is 3.49. The lowest BCUT2D eigenvalue weighted by Crippen LogP contribution is -2.49. The Morgan fingerprint density at radius 3 is 2.39 bits per heavy atom. The number of thiophene rings is 1. The summed E-state index contributed by atoms with van der Waals surface area (Å²) in [6.07, 6.45) is 1.09. The van der Waals surface area contributed by atoms with E-state index in [4.69, 9.17) is 0 Å². The van der Waals surface area contributed by atoms with Crippen LogP contribution in [0.15, 0.2) is 16.8 Å². The van der Waals surface area contributed by atoms with Crippen molar-refractivity contribution < 1.29 is 13.5 Å². The fraction of sp³-hybridized carbons (Fsp3) is 0.750. The van der Waals surface area contributed by atoms with Crippen LogP contribution in [0.25, 0.3) is 0 Å². The van der Waals surface area contributed by atoms with Crippen molar-refractivity contribution in [3.05, 3.63) is 22.4 Å². The summed E-state index contributed by atoms with van der Waals surface area (Å²) in [7, 11) is -3.44. The SMILES string of the molecule is CC1CC(C)CN(S(=O)(=O)N2CC(CO)C(c3ccsc3)C2)C1. The number of nitrogens with zero attached hydrogens (tertiary/aromatic N) is 2. The second-order valence-corrected chi connectivity index (χ2v) is 9.90. The van der Waals surface area contributed by atoms with Crippen molar-refractivity contribution >= 4 is 21.5 Å². The standard InChI is InChI=1S/C16H26N2O3S2/c1-12-5-13(2)7-17(6-12)23(20,21)18-8-15(10-19)16(9-18)14-3-4-22-11-14/h3-4,11-13,15-16,19H,5-10H2,1-2H3. The van der Waals surface area contributed by atoms with E-state index >= 15 is 0 Å². The highest BCUT2D eigenvalue weighted by molar-refractivity contribution is 7.86. The van der Waals surface area contributed by atoms with Crippen LogP contribution in [-0.4, -0.2) is 54.9 Å². The number of rotatable bonds is 4. The average molecular weight is 359 g/mol. The van der Waals surface area contributed by atoms with Crippen molar-refractivity contribution in [1.82, 2.24) is 8.61 Å². The van der Waals surface area contributed by atoms with Crippen molar-refractivity contribution in [3.8, 4) is 0 Å². The van der Waals surface area contributed by atoms with E-state index in [2.05, 4.69) is 19.2 Å². The van der Waals surface area contributed by atoms with Gasteiger partial charge >= 0.3 is 0 Å². The molecule has 2 aliphatic heterocycles. The Labute approximate surface area is 143 Å². The highest BCUT2D eigenvalue weighted by Gasteiger charge is 2.42. The molecule has 1 N–H and O–H groups in total. The first-order valence-corrected chi connectivity index (χ1v) is 10.6. The van der Waals surface area contributed by atoms with Gasteiger partial charge in [0.25, 0.3) is 10.2 Å². The predicted molar refractivity (Wildman–Crippen MR) is 92.6 cm³/mol. The molecule has 0 bridgehead atoms. The fourth-order valence-electron chi connectivity index (χ4n) is 4.03. The Hall–Kier alpha value is -0.470. The minimum absolute atomic E-state index is 0.0148. The van der Waals surface area contributed by atoms with Crippen LogP contribution in [0.3, 0.4) is 0 Å². The maximum atomic E-state index is 13.0. The summed E-state index contributed by atoms with van der Waals surface area (Å²) < 4.78 is 29.3. The molecule has 2 aliphatic rings. The van der Waals surface area contributed by atoms with Gasteiger partial charge in [-0.3, -0.25) is 0 Å². The molecule has 2 fully saturated rings. The fourth-order valence-corrected chi connectivity index (χ4v) is 6.69. The van der Waals surface area contributed by atoms with Crippen LogP contribution < -0.4 is 0 Å². The van der Waals surface area contributed by atoms with Crippen molar-refractivity contribution in [1.29, 1.82) is 0 Å². The highest BCUT2D eigenvalue weighted by Crippen LogP contribution is 2.36. The third-order valence-electron chi connectivity index (χ3n) is 5.10. The molecule has 7 heteroatoms. The minimum Gasteiger partial charge on any atom is -0.396 e. The van der Waals surface area contributed by atoms with Gasteiger partial charge in [0, 0.05) is 44.6 Å². The van der Waals surface area contributed by atoms with Crippen LogP contribution in [-0.2, 0) is 10.2 Å². The smallest absolute Gasteiger partial charge is 0.282 e. The predicted octanol–water partition coefficient (Wildman–Crippen LogP) is 1.98. The molecule has 0 saturated carbocycles. The zero-order valence-electron chi connectivity index (χ0n) is 13.8. The van der Waals surface area contributed by atoms with E-state index in [0.717, 1.165) is 12.0 Å². The molecule has 1 aromatic heterocycles. The van der Waals surface area contributed by atoms with Gasteiger partial charge < -0.3 is 5.11 Å². The second-order valence-electron chi connectivity index (χ2n) is 7.19. The molecule has 0 aliphatic carbocycles. The molecule has 5 nitrogen and oxygen atoms in total. The third-order valence-corrected chi connectivity index (χ3v) is 7.70. The Bertz CT molecular complexity index is 607. The Morgan fingerprint density at radius 1 is 1.17 bits per heavy atom. The van der Waals surface area contributed by atoms with E-state index in [1.165, 1.54) is 0 Å². The topological polar surface area (TPSA) is 60.9 Å². The Kier molecular flexibility index (Phi) is 5.13. The normalized spacial score (nSPS) is 34.0. The quantitative estimate of drug-likeness (QED) is 0.895. The second kappa shape index (κ2) is 6.80. The molecule has 4 unspecified atom stereocenters. The van der Waals surface area contributed by atoms with E-state index in [1.807, 2.05) is 11.4 Å².